The van der Waals surface area contributed by atoms with E-state index in [0.29, 0.717) is 23.5 Å². The number of pyridine rings is 1. The number of hydrogen-bond donors (Lipinski definition) is 0. The zero-order valence-corrected chi connectivity index (χ0v) is 15.9. The Balaban J connectivity index is 1.52. The summed E-state index contributed by atoms with van der Waals surface area (Å²) in [7, 11) is 0. The monoisotopic (exact) mass is 371 g/mol. The maximum atomic E-state index is 13.0. The first-order valence-corrected chi connectivity index (χ1v) is 9.19. The molecule has 0 saturated carbocycles. The molecular formula is C24H21NO3. The van der Waals surface area contributed by atoms with E-state index in [1.807, 2.05) is 62.4 Å². The largest absolute Gasteiger partial charge is 0.489 e. The SMILES string of the molecule is CC1(C)C=Cc2cc(C(=O)c3cccc(OCc4cccnc4)c3)ccc2O1. The van der Waals surface area contributed by atoms with Crippen molar-refractivity contribution in [1.29, 1.82) is 0 Å². The lowest BCUT2D eigenvalue weighted by Crippen LogP contribution is -2.27. The quantitative estimate of drug-likeness (QED) is 0.587. The maximum absolute atomic E-state index is 13.0. The van der Waals surface area contributed by atoms with Crippen LogP contribution in [0.3, 0.4) is 0 Å². The van der Waals surface area contributed by atoms with Gasteiger partial charge in [0, 0.05) is 34.6 Å². The van der Waals surface area contributed by atoms with Gasteiger partial charge in [0.05, 0.1) is 0 Å². The number of hydrogen-bond acceptors (Lipinski definition) is 4. The van der Waals surface area contributed by atoms with E-state index in [0.717, 1.165) is 16.9 Å². The fourth-order valence-electron chi connectivity index (χ4n) is 3.06. The van der Waals surface area contributed by atoms with Crippen molar-refractivity contribution in [3.05, 3.63) is 95.3 Å². The lowest BCUT2D eigenvalue weighted by atomic mass is 9.97. The van der Waals surface area contributed by atoms with E-state index >= 15 is 0 Å². The van der Waals surface area contributed by atoms with Crippen molar-refractivity contribution in [2.24, 2.45) is 0 Å². The van der Waals surface area contributed by atoms with Crippen LogP contribution in [0.1, 0.15) is 40.9 Å². The van der Waals surface area contributed by atoms with Crippen LogP contribution >= 0.6 is 0 Å². The summed E-state index contributed by atoms with van der Waals surface area (Å²) in [6.07, 6.45) is 7.49. The van der Waals surface area contributed by atoms with Gasteiger partial charge in [0.2, 0.25) is 0 Å². The van der Waals surface area contributed by atoms with E-state index in [1.165, 1.54) is 0 Å². The van der Waals surface area contributed by atoms with Crippen LogP contribution in [0.4, 0.5) is 0 Å². The van der Waals surface area contributed by atoms with E-state index in [1.54, 1.807) is 30.6 Å². The third-order valence-corrected chi connectivity index (χ3v) is 4.53. The number of aromatic nitrogens is 1. The third-order valence-electron chi connectivity index (χ3n) is 4.53. The molecule has 0 unspecified atom stereocenters. The van der Waals surface area contributed by atoms with Gasteiger partial charge in [-0.05, 0) is 56.3 Å². The van der Waals surface area contributed by atoms with E-state index in [-0.39, 0.29) is 11.4 Å². The molecule has 4 heteroatoms. The van der Waals surface area contributed by atoms with Crippen LogP contribution in [0.15, 0.2) is 73.1 Å². The van der Waals surface area contributed by atoms with Gasteiger partial charge in [0.25, 0.3) is 0 Å². The molecule has 1 aliphatic rings. The van der Waals surface area contributed by atoms with Crippen molar-refractivity contribution in [1.82, 2.24) is 4.98 Å². The molecule has 0 saturated heterocycles. The molecule has 2 aromatic carbocycles. The Hall–Kier alpha value is -3.40. The molecule has 0 aliphatic carbocycles. The molecule has 4 nitrogen and oxygen atoms in total. The van der Waals surface area contributed by atoms with Gasteiger partial charge in [-0.1, -0.05) is 24.3 Å². The predicted octanol–water partition coefficient (Wildman–Crippen LogP) is 5.08. The Morgan fingerprint density at radius 3 is 2.75 bits per heavy atom. The van der Waals surface area contributed by atoms with Gasteiger partial charge >= 0.3 is 0 Å². The molecule has 140 valence electrons. The number of benzene rings is 2. The molecule has 0 N–H and O–H groups in total. The minimum Gasteiger partial charge on any atom is -0.489 e. The molecule has 1 aliphatic heterocycles. The zero-order valence-electron chi connectivity index (χ0n) is 15.9. The molecular weight excluding hydrogens is 350 g/mol. The highest BCUT2D eigenvalue weighted by Crippen LogP contribution is 2.32. The molecule has 3 aromatic rings. The first-order chi connectivity index (χ1) is 13.5. The molecule has 0 spiro atoms. The third kappa shape index (κ3) is 3.96. The topological polar surface area (TPSA) is 48.4 Å². The van der Waals surface area contributed by atoms with Gasteiger partial charge < -0.3 is 9.47 Å². The highest BCUT2D eigenvalue weighted by atomic mass is 16.5. The summed E-state index contributed by atoms with van der Waals surface area (Å²) in [5.41, 5.74) is 2.76. The first kappa shape index (κ1) is 18.0. The van der Waals surface area contributed by atoms with Crippen LogP contribution < -0.4 is 9.47 Å². The summed E-state index contributed by atoms with van der Waals surface area (Å²) in [6.45, 7) is 4.41. The van der Waals surface area contributed by atoms with Crippen molar-refractivity contribution < 1.29 is 14.3 Å². The van der Waals surface area contributed by atoms with Crippen LogP contribution in [0.2, 0.25) is 0 Å². The summed E-state index contributed by atoms with van der Waals surface area (Å²) >= 11 is 0. The minimum absolute atomic E-state index is 0.0483. The van der Waals surface area contributed by atoms with Crippen LogP contribution in [0, 0.1) is 0 Å². The Labute approximate surface area is 164 Å². The fraction of sp³-hybridized carbons (Fsp3) is 0.167. The summed E-state index contributed by atoms with van der Waals surface area (Å²) in [4.78, 5) is 17.0. The van der Waals surface area contributed by atoms with Crippen molar-refractivity contribution in [3.8, 4) is 11.5 Å². The van der Waals surface area contributed by atoms with Crippen molar-refractivity contribution in [2.75, 3.05) is 0 Å². The van der Waals surface area contributed by atoms with Crippen molar-refractivity contribution >= 4 is 11.9 Å². The molecule has 4 rings (SSSR count). The fourth-order valence-corrected chi connectivity index (χ4v) is 3.06. The number of ketones is 1. The Morgan fingerprint density at radius 2 is 1.93 bits per heavy atom. The number of ether oxygens (including phenoxy) is 2. The van der Waals surface area contributed by atoms with Gasteiger partial charge in [-0.3, -0.25) is 9.78 Å². The van der Waals surface area contributed by atoms with Gasteiger partial charge in [0.15, 0.2) is 5.78 Å². The molecule has 0 radical (unpaired) electrons. The molecule has 0 fully saturated rings. The Kier molecular flexibility index (Phi) is 4.70. The second kappa shape index (κ2) is 7.31. The highest BCUT2D eigenvalue weighted by Gasteiger charge is 2.22. The number of rotatable bonds is 5. The van der Waals surface area contributed by atoms with E-state index in [2.05, 4.69) is 4.98 Å². The average molecular weight is 371 g/mol. The lowest BCUT2D eigenvalue weighted by Gasteiger charge is -2.27. The van der Waals surface area contributed by atoms with E-state index in [4.69, 9.17) is 9.47 Å². The van der Waals surface area contributed by atoms with Gasteiger partial charge in [-0.2, -0.15) is 0 Å². The van der Waals surface area contributed by atoms with E-state index < -0.39 is 0 Å². The molecule has 1 aromatic heterocycles. The van der Waals surface area contributed by atoms with Crippen LogP contribution in [0.25, 0.3) is 6.08 Å². The highest BCUT2D eigenvalue weighted by molar-refractivity contribution is 6.09. The standard InChI is InChI=1S/C24H21NO3/c1-24(2)11-10-18-13-20(8-9-22(18)28-24)23(26)19-6-3-7-21(14-19)27-16-17-5-4-12-25-15-17/h3-15H,16H2,1-2H3. The van der Waals surface area contributed by atoms with Gasteiger partial charge in [0.1, 0.15) is 23.7 Å². The van der Waals surface area contributed by atoms with Gasteiger partial charge in [-0.25, -0.2) is 0 Å². The minimum atomic E-state index is -0.335. The summed E-state index contributed by atoms with van der Waals surface area (Å²) in [5.74, 6) is 1.39. The lowest BCUT2D eigenvalue weighted by molar-refractivity contribution is 0.103. The second-order valence-electron chi connectivity index (χ2n) is 7.30. The normalized spacial score (nSPS) is 14.1. The summed E-state index contributed by atoms with van der Waals surface area (Å²) in [6, 6.07) is 16.6. The van der Waals surface area contributed by atoms with Gasteiger partial charge in [-0.15, -0.1) is 0 Å². The molecule has 0 atom stereocenters. The van der Waals surface area contributed by atoms with Crippen molar-refractivity contribution in [3.63, 3.8) is 0 Å². The first-order valence-electron chi connectivity index (χ1n) is 9.19. The number of nitrogens with zero attached hydrogens (tertiary/aromatic N) is 1. The average Bonchev–Trinajstić information content (AvgIpc) is 2.72. The Morgan fingerprint density at radius 1 is 1.07 bits per heavy atom. The maximum Gasteiger partial charge on any atom is 0.193 e. The summed E-state index contributed by atoms with van der Waals surface area (Å²) < 4.78 is 11.7. The second-order valence-corrected chi connectivity index (χ2v) is 7.30. The molecule has 0 bridgehead atoms. The van der Waals surface area contributed by atoms with Crippen LogP contribution in [0.5, 0.6) is 11.5 Å². The zero-order chi connectivity index (χ0) is 19.6. The molecule has 28 heavy (non-hydrogen) atoms. The summed E-state index contributed by atoms with van der Waals surface area (Å²) in [5, 5.41) is 0. The number of fused-ring (bicyclic) bond motifs is 1. The van der Waals surface area contributed by atoms with Crippen LogP contribution in [-0.2, 0) is 6.61 Å². The number of carbonyl (C=O) groups excluding carboxylic acids is 1. The van der Waals surface area contributed by atoms with Crippen LogP contribution in [-0.4, -0.2) is 16.4 Å². The molecule has 2 heterocycles. The molecule has 0 amide bonds. The van der Waals surface area contributed by atoms with E-state index in [9.17, 15) is 4.79 Å². The predicted molar refractivity (Wildman–Crippen MR) is 109 cm³/mol. The Bertz CT molecular complexity index is 1040. The van der Waals surface area contributed by atoms with Crippen molar-refractivity contribution in [2.45, 2.75) is 26.1 Å². The smallest absolute Gasteiger partial charge is 0.193 e. The number of carbonyl (C=O) groups is 1.